The fourth-order valence-corrected chi connectivity index (χ4v) is 2.08. The highest BCUT2D eigenvalue weighted by Crippen LogP contribution is 2.32. The first kappa shape index (κ1) is 16.5. The monoisotopic (exact) mass is 320 g/mol. The van der Waals surface area contributed by atoms with Crippen molar-refractivity contribution in [1.82, 2.24) is 5.32 Å². The summed E-state index contributed by atoms with van der Waals surface area (Å²) in [5.41, 5.74) is 0.863. The summed E-state index contributed by atoms with van der Waals surface area (Å²) >= 11 is 0. The second-order valence-corrected chi connectivity index (χ2v) is 5.02. The Kier molecular flexibility index (Phi) is 4.95. The molecular weight excluding hydrogens is 304 g/mol. The number of amides is 2. The Hall–Kier alpha value is -2.90. The zero-order valence-corrected chi connectivity index (χ0v) is 12.5. The van der Waals surface area contributed by atoms with E-state index in [4.69, 9.17) is 9.84 Å². The topological polar surface area (TPSA) is 113 Å². The van der Waals surface area contributed by atoms with Crippen LogP contribution in [-0.2, 0) is 14.4 Å². The quantitative estimate of drug-likeness (QED) is 0.724. The van der Waals surface area contributed by atoms with Gasteiger partial charge in [-0.15, -0.1) is 0 Å². The minimum atomic E-state index is -1.15. The van der Waals surface area contributed by atoms with E-state index in [2.05, 4.69) is 5.32 Å². The molecule has 1 aromatic carbocycles. The Bertz CT molecular complexity index is 670. The van der Waals surface area contributed by atoms with E-state index < -0.39 is 18.4 Å². The fourth-order valence-electron chi connectivity index (χ4n) is 2.08. The number of benzene rings is 1. The molecule has 0 bridgehead atoms. The van der Waals surface area contributed by atoms with E-state index in [1.807, 2.05) is 0 Å². The maximum absolute atomic E-state index is 12.1. The Morgan fingerprint density at radius 3 is 2.74 bits per heavy atom. The first-order chi connectivity index (χ1) is 10.9. The highest BCUT2D eigenvalue weighted by atomic mass is 16.5. The van der Waals surface area contributed by atoms with E-state index in [0.29, 0.717) is 17.0 Å². The van der Waals surface area contributed by atoms with Gasteiger partial charge in [-0.25, -0.2) is 0 Å². The summed E-state index contributed by atoms with van der Waals surface area (Å²) in [6.07, 6.45) is -0.156. The van der Waals surface area contributed by atoms with Gasteiger partial charge in [0.25, 0.3) is 5.91 Å². The number of carbonyl (C=O) groups excluding carboxylic acids is 3. The lowest BCUT2D eigenvalue weighted by molar-refractivity contribution is -0.137. The molecule has 2 rings (SSSR count). The van der Waals surface area contributed by atoms with Gasteiger partial charge in [-0.05, 0) is 18.2 Å². The van der Waals surface area contributed by atoms with Crippen molar-refractivity contribution in [3.8, 4) is 5.75 Å². The second-order valence-electron chi connectivity index (χ2n) is 5.02. The van der Waals surface area contributed by atoms with E-state index >= 15 is 0 Å². The number of carbonyl (C=O) groups is 4. The number of ether oxygens (including phenoxy) is 1. The molecule has 2 N–H and O–H groups in total. The van der Waals surface area contributed by atoms with Crippen molar-refractivity contribution in [2.75, 3.05) is 25.1 Å². The van der Waals surface area contributed by atoms with E-state index in [1.165, 1.54) is 4.90 Å². The molecule has 0 saturated heterocycles. The summed E-state index contributed by atoms with van der Waals surface area (Å²) in [5, 5.41) is 10.6. The molecule has 8 heteroatoms. The van der Waals surface area contributed by atoms with Crippen LogP contribution in [0.2, 0.25) is 0 Å². The summed E-state index contributed by atoms with van der Waals surface area (Å²) in [6.45, 7) is -0.517. The molecular formula is C15H16N2O6. The third-order valence-corrected chi connectivity index (χ3v) is 3.38. The van der Waals surface area contributed by atoms with Gasteiger partial charge in [-0.2, -0.15) is 0 Å². The molecule has 1 aliphatic heterocycles. The lowest BCUT2D eigenvalue weighted by Gasteiger charge is -2.26. The lowest BCUT2D eigenvalue weighted by Crippen LogP contribution is -2.35. The first-order valence-electron chi connectivity index (χ1n) is 6.93. The summed E-state index contributed by atoms with van der Waals surface area (Å²) in [7, 11) is 1.59. The van der Waals surface area contributed by atoms with Crippen molar-refractivity contribution in [1.29, 1.82) is 0 Å². The van der Waals surface area contributed by atoms with Crippen molar-refractivity contribution < 1.29 is 29.0 Å². The number of fused-ring (bicyclic) bond motifs is 1. The number of aliphatic carboxylic acids is 1. The summed E-state index contributed by atoms with van der Waals surface area (Å²) in [4.78, 5) is 46.9. The van der Waals surface area contributed by atoms with Crippen LogP contribution in [0.3, 0.4) is 0 Å². The molecule has 0 unspecified atom stereocenters. The van der Waals surface area contributed by atoms with Crippen LogP contribution in [0, 0.1) is 0 Å². The predicted octanol–water partition coefficient (Wildman–Crippen LogP) is 0.205. The normalized spacial score (nSPS) is 13.1. The summed E-state index contributed by atoms with van der Waals surface area (Å²) < 4.78 is 5.27. The van der Waals surface area contributed by atoms with E-state index in [1.54, 1.807) is 25.2 Å². The van der Waals surface area contributed by atoms with Crippen LogP contribution in [0.15, 0.2) is 18.2 Å². The predicted molar refractivity (Wildman–Crippen MR) is 79.6 cm³/mol. The number of hydrogen-bond acceptors (Lipinski definition) is 5. The van der Waals surface area contributed by atoms with Crippen LogP contribution >= 0.6 is 0 Å². The highest BCUT2D eigenvalue weighted by molar-refractivity contribution is 6.02. The summed E-state index contributed by atoms with van der Waals surface area (Å²) in [5.74, 6) is -1.62. The Morgan fingerprint density at radius 2 is 2.04 bits per heavy atom. The maximum atomic E-state index is 12.1. The first-order valence-corrected chi connectivity index (χ1v) is 6.93. The molecule has 0 fully saturated rings. The number of carboxylic acid groups (broad SMARTS) is 1. The van der Waals surface area contributed by atoms with E-state index in [-0.39, 0.29) is 31.1 Å². The van der Waals surface area contributed by atoms with Gasteiger partial charge in [0.1, 0.15) is 12.3 Å². The molecule has 122 valence electrons. The van der Waals surface area contributed by atoms with Crippen LogP contribution in [0.25, 0.3) is 0 Å². The van der Waals surface area contributed by atoms with Gasteiger partial charge in [-0.3, -0.25) is 19.2 Å². The van der Waals surface area contributed by atoms with Crippen LogP contribution in [-0.4, -0.2) is 48.9 Å². The third kappa shape index (κ3) is 4.06. The van der Waals surface area contributed by atoms with Crippen LogP contribution in [0.4, 0.5) is 5.69 Å². The number of Topliss-reactive ketones (excluding diaryl/α,β-unsaturated/α-hetero) is 1. The number of rotatable bonds is 6. The third-order valence-electron chi connectivity index (χ3n) is 3.38. The van der Waals surface area contributed by atoms with Gasteiger partial charge in [-0.1, -0.05) is 0 Å². The fraction of sp³-hybridized carbons (Fsp3) is 0.333. The molecule has 0 aromatic heterocycles. The second kappa shape index (κ2) is 6.91. The number of ketones is 1. The molecule has 1 aliphatic rings. The smallest absolute Gasteiger partial charge is 0.322 e. The van der Waals surface area contributed by atoms with Crippen molar-refractivity contribution in [2.24, 2.45) is 0 Å². The van der Waals surface area contributed by atoms with Crippen LogP contribution in [0.5, 0.6) is 5.75 Å². The van der Waals surface area contributed by atoms with Gasteiger partial charge in [0.05, 0.1) is 5.69 Å². The Balaban J connectivity index is 1.99. The highest BCUT2D eigenvalue weighted by Gasteiger charge is 2.23. The zero-order valence-electron chi connectivity index (χ0n) is 12.5. The minimum Gasteiger partial charge on any atom is -0.482 e. The SMILES string of the molecule is CN1C(=O)COc2ccc(C(=O)CCC(=O)NCC(=O)O)cc21. The minimum absolute atomic E-state index is 0.0411. The molecule has 23 heavy (non-hydrogen) atoms. The Morgan fingerprint density at radius 1 is 1.30 bits per heavy atom. The average Bonchev–Trinajstić information content (AvgIpc) is 2.53. The van der Waals surface area contributed by atoms with Crippen molar-refractivity contribution in [3.63, 3.8) is 0 Å². The van der Waals surface area contributed by atoms with Crippen LogP contribution < -0.4 is 15.0 Å². The number of nitrogens with one attached hydrogen (secondary N) is 1. The van der Waals surface area contributed by atoms with Crippen molar-refractivity contribution in [3.05, 3.63) is 23.8 Å². The van der Waals surface area contributed by atoms with Crippen molar-refractivity contribution >= 4 is 29.3 Å². The standard InChI is InChI=1S/C15H16N2O6/c1-17-10-6-9(2-4-12(10)23-8-14(17)20)11(18)3-5-13(19)16-7-15(21)22/h2,4,6H,3,5,7-8H2,1H3,(H,16,19)(H,21,22). The van der Waals surface area contributed by atoms with Crippen LogP contribution in [0.1, 0.15) is 23.2 Å². The maximum Gasteiger partial charge on any atom is 0.322 e. The van der Waals surface area contributed by atoms with Gasteiger partial charge >= 0.3 is 5.97 Å². The number of likely N-dealkylation sites (N-methyl/N-ethyl adjacent to an activating group) is 1. The van der Waals surface area contributed by atoms with Gasteiger partial charge in [0.15, 0.2) is 12.4 Å². The van der Waals surface area contributed by atoms with Gasteiger partial charge < -0.3 is 20.1 Å². The molecule has 2 amide bonds. The number of anilines is 1. The molecule has 0 spiro atoms. The largest absolute Gasteiger partial charge is 0.482 e. The van der Waals surface area contributed by atoms with E-state index in [0.717, 1.165) is 0 Å². The van der Waals surface area contributed by atoms with Gasteiger partial charge in [0, 0.05) is 25.5 Å². The lowest BCUT2D eigenvalue weighted by atomic mass is 10.0. The molecule has 1 heterocycles. The number of nitrogens with zero attached hydrogens (tertiary/aromatic N) is 1. The zero-order chi connectivity index (χ0) is 17.0. The number of hydrogen-bond donors (Lipinski definition) is 2. The van der Waals surface area contributed by atoms with Crippen molar-refractivity contribution in [2.45, 2.75) is 12.8 Å². The number of carboxylic acids is 1. The summed E-state index contributed by atoms with van der Waals surface area (Å²) in [6, 6.07) is 4.72. The molecule has 8 nitrogen and oxygen atoms in total. The molecule has 0 radical (unpaired) electrons. The van der Waals surface area contributed by atoms with Gasteiger partial charge in [0.2, 0.25) is 5.91 Å². The molecule has 0 saturated carbocycles. The average molecular weight is 320 g/mol. The Labute approximate surface area is 132 Å². The molecule has 0 aliphatic carbocycles. The van der Waals surface area contributed by atoms with E-state index in [9.17, 15) is 19.2 Å². The molecule has 0 atom stereocenters. The molecule has 1 aromatic rings.